The lowest BCUT2D eigenvalue weighted by Gasteiger charge is -2.29. The van der Waals surface area contributed by atoms with Crippen LogP contribution in [-0.4, -0.2) is 29.1 Å². The number of alkyl halides is 3. The highest BCUT2D eigenvalue weighted by Crippen LogP contribution is 2.23. The van der Waals surface area contributed by atoms with E-state index in [1.54, 1.807) is 4.90 Å². The van der Waals surface area contributed by atoms with E-state index in [2.05, 4.69) is 10.1 Å². The minimum absolute atomic E-state index is 0.0508. The first-order valence-electron chi connectivity index (χ1n) is 9.77. The molecule has 8 heteroatoms. The van der Waals surface area contributed by atoms with Crippen molar-refractivity contribution >= 4 is 11.8 Å². The smallest absolute Gasteiger partial charge is 0.406 e. The van der Waals surface area contributed by atoms with Crippen LogP contribution >= 0.6 is 0 Å². The van der Waals surface area contributed by atoms with Crippen molar-refractivity contribution in [3.63, 3.8) is 0 Å². The Hall–Kier alpha value is -3.03. The van der Waals surface area contributed by atoms with Gasteiger partial charge in [0.1, 0.15) is 11.8 Å². The fourth-order valence-electron chi connectivity index (χ4n) is 3.45. The van der Waals surface area contributed by atoms with E-state index < -0.39 is 12.4 Å². The van der Waals surface area contributed by atoms with Gasteiger partial charge in [0.15, 0.2) is 0 Å². The summed E-state index contributed by atoms with van der Waals surface area (Å²) in [5, 5.41) is 2.80. The molecule has 1 fully saturated rings. The molecular weight excluding hydrogens is 397 g/mol. The summed E-state index contributed by atoms with van der Waals surface area (Å²) in [5.41, 5.74) is 1.58. The third-order valence-corrected chi connectivity index (χ3v) is 4.94. The van der Waals surface area contributed by atoms with Crippen molar-refractivity contribution in [2.24, 2.45) is 0 Å². The second kappa shape index (κ2) is 9.65. The molecule has 1 aliphatic rings. The summed E-state index contributed by atoms with van der Waals surface area (Å²) in [5.74, 6) is -0.636. The number of likely N-dealkylation sites (tertiary alicyclic amines) is 1. The first kappa shape index (κ1) is 21.7. The molecule has 1 heterocycles. The minimum atomic E-state index is -4.75. The first-order valence-corrected chi connectivity index (χ1v) is 9.77. The van der Waals surface area contributed by atoms with Crippen molar-refractivity contribution in [3.8, 4) is 5.75 Å². The molecule has 1 N–H and O–H groups in total. The molecular formula is C22H23F3N2O3. The Morgan fingerprint density at radius 2 is 1.73 bits per heavy atom. The minimum Gasteiger partial charge on any atom is -0.406 e. The van der Waals surface area contributed by atoms with Gasteiger partial charge in [0.05, 0.1) is 0 Å². The lowest BCUT2D eigenvalue weighted by Crippen LogP contribution is -2.48. The van der Waals surface area contributed by atoms with Crippen LogP contribution in [0.2, 0.25) is 0 Å². The summed E-state index contributed by atoms with van der Waals surface area (Å²) >= 11 is 0. The maximum atomic E-state index is 12.8. The van der Waals surface area contributed by atoms with Crippen LogP contribution < -0.4 is 10.1 Å². The van der Waals surface area contributed by atoms with E-state index in [4.69, 9.17) is 0 Å². The molecule has 5 nitrogen and oxygen atoms in total. The number of ether oxygens (including phenoxy) is 1. The van der Waals surface area contributed by atoms with Crippen LogP contribution in [0.5, 0.6) is 5.75 Å². The summed E-state index contributed by atoms with van der Waals surface area (Å²) in [4.78, 5) is 27.1. The number of carbonyl (C=O) groups is 2. The predicted molar refractivity (Wildman–Crippen MR) is 104 cm³/mol. The molecule has 2 amide bonds. The third kappa shape index (κ3) is 6.23. The fraction of sp³-hybridized carbons (Fsp3) is 0.364. The average Bonchev–Trinajstić information content (AvgIpc) is 2.89. The number of amides is 2. The number of hydrogen-bond donors (Lipinski definition) is 1. The van der Waals surface area contributed by atoms with E-state index in [-0.39, 0.29) is 24.1 Å². The van der Waals surface area contributed by atoms with Crippen LogP contribution in [-0.2, 0) is 22.7 Å². The lowest BCUT2D eigenvalue weighted by molar-refractivity contribution is -0.274. The molecule has 0 aliphatic carbocycles. The zero-order valence-corrected chi connectivity index (χ0v) is 16.3. The quantitative estimate of drug-likeness (QED) is 0.763. The summed E-state index contributed by atoms with van der Waals surface area (Å²) < 4.78 is 40.6. The van der Waals surface area contributed by atoms with Crippen molar-refractivity contribution in [1.29, 1.82) is 0 Å². The van der Waals surface area contributed by atoms with E-state index >= 15 is 0 Å². The van der Waals surface area contributed by atoms with Gasteiger partial charge in [0.25, 0.3) is 0 Å². The zero-order chi connectivity index (χ0) is 21.6. The van der Waals surface area contributed by atoms with E-state index in [1.807, 2.05) is 30.3 Å². The molecule has 1 atom stereocenters. The van der Waals surface area contributed by atoms with Gasteiger partial charge in [-0.2, -0.15) is 0 Å². The van der Waals surface area contributed by atoms with Crippen LogP contribution in [0.25, 0.3) is 0 Å². The Morgan fingerprint density at radius 1 is 1.03 bits per heavy atom. The summed E-state index contributed by atoms with van der Waals surface area (Å²) in [6, 6.07) is 14.2. The molecule has 1 saturated heterocycles. The van der Waals surface area contributed by atoms with Gasteiger partial charge in [0.2, 0.25) is 11.8 Å². The van der Waals surface area contributed by atoms with Crippen LogP contribution in [0, 0.1) is 0 Å². The van der Waals surface area contributed by atoms with E-state index in [1.165, 1.54) is 24.3 Å². The molecule has 2 aromatic carbocycles. The van der Waals surface area contributed by atoms with E-state index in [0.29, 0.717) is 24.9 Å². The standard InChI is InChI=1S/C22H23F3N2O3/c23-22(24,25)30-18-12-10-16(11-13-18)14-26-21(29)19-8-4-5-9-20(28)27(19)15-17-6-2-1-3-7-17/h1-3,6-7,10-13,19H,4-5,8-9,14-15H2,(H,26,29). The molecule has 3 rings (SSSR count). The Labute approximate surface area is 172 Å². The SMILES string of the molecule is O=C(NCc1ccc(OC(F)(F)F)cc1)C1CCCCC(=O)N1Cc1ccccc1. The molecule has 30 heavy (non-hydrogen) atoms. The highest BCUT2D eigenvalue weighted by Gasteiger charge is 2.32. The Kier molecular flexibility index (Phi) is 6.97. The van der Waals surface area contributed by atoms with E-state index in [9.17, 15) is 22.8 Å². The Bertz CT molecular complexity index is 854. The monoisotopic (exact) mass is 420 g/mol. The van der Waals surface area contributed by atoms with Gasteiger partial charge in [-0.05, 0) is 36.1 Å². The van der Waals surface area contributed by atoms with Gasteiger partial charge in [0, 0.05) is 19.5 Å². The van der Waals surface area contributed by atoms with Gasteiger partial charge in [-0.3, -0.25) is 9.59 Å². The molecule has 2 aromatic rings. The highest BCUT2D eigenvalue weighted by atomic mass is 19.4. The second-order valence-corrected chi connectivity index (χ2v) is 7.18. The maximum absolute atomic E-state index is 12.8. The molecule has 1 aliphatic heterocycles. The van der Waals surface area contributed by atoms with Crippen LogP contribution in [0.4, 0.5) is 13.2 Å². The van der Waals surface area contributed by atoms with Crippen molar-refractivity contribution < 1.29 is 27.5 Å². The van der Waals surface area contributed by atoms with Crippen molar-refractivity contribution in [1.82, 2.24) is 10.2 Å². The van der Waals surface area contributed by atoms with Crippen LogP contribution in [0.1, 0.15) is 36.8 Å². The summed E-state index contributed by atoms with van der Waals surface area (Å²) in [6.45, 7) is 0.510. The topological polar surface area (TPSA) is 58.6 Å². The number of nitrogens with one attached hydrogen (secondary N) is 1. The second-order valence-electron chi connectivity index (χ2n) is 7.18. The molecule has 0 spiro atoms. The molecule has 1 unspecified atom stereocenters. The van der Waals surface area contributed by atoms with Gasteiger partial charge < -0.3 is 15.0 Å². The lowest BCUT2D eigenvalue weighted by atomic mass is 10.1. The number of halogens is 3. The van der Waals surface area contributed by atoms with Crippen molar-refractivity contribution in [2.75, 3.05) is 0 Å². The van der Waals surface area contributed by atoms with Gasteiger partial charge in [-0.25, -0.2) is 0 Å². The normalized spacial score (nSPS) is 17.4. The highest BCUT2D eigenvalue weighted by molar-refractivity contribution is 5.88. The van der Waals surface area contributed by atoms with Crippen LogP contribution in [0.15, 0.2) is 54.6 Å². The first-order chi connectivity index (χ1) is 14.3. The third-order valence-electron chi connectivity index (χ3n) is 4.94. The largest absolute Gasteiger partial charge is 0.573 e. The van der Waals surface area contributed by atoms with E-state index in [0.717, 1.165) is 18.4 Å². The molecule has 0 saturated carbocycles. The number of rotatable bonds is 6. The van der Waals surface area contributed by atoms with Gasteiger partial charge in [-0.15, -0.1) is 13.2 Å². The number of carbonyl (C=O) groups excluding carboxylic acids is 2. The molecule has 160 valence electrons. The number of benzene rings is 2. The Balaban J connectivity index is 1.63. The predicted octanol–water partition coefficient (Wildman–Crippen LogP) is 4.17. The maximum Gasteiger partial charge on any atom is 0.573 e. The fourth-order valence-corrected chi connectivity index (χ4v) is 3.45. The van der Waals surface area contributed by atoms with Gasteiger partial charge in [-0.1, -0.05) is 48.9 Å². The van der Waals surface area contributed by atoms with Gasteiger partial charge >= 0.3 is 6.36 Å². The number of hydrogen-bond acceptors (Lipinski definition) is 3. The van der Waals surface area contributed by atoms with Crippen LogP contribution in [0.3, 0.4) is 0 Å². The summed E-state index contributed by atoms with van der Waals surface area (Å²) in [6.07, 6.45) is -2.24. The Morgan fingerprint density at radius 3 is 2.40 bits per heavy atom. The van der Waals surface area contributed by atoms with Crippen molar-refractivity contribution in [2.45, 2.75) is 51.2 Å². The molecule has 0 radical (unpaired) electrons. The number of nitrogens with zero attached hydrogens (tertiary/aromatic N) is 1. The molecule has 0 aromatic heterocycles. The van der Waals surface area contributed by atoms with Crippen molar-refractivity contribution in [3.05, 3.63) is 65.7 Å². The molecule has 0 bridgehead atoms. The average molecular weight is 420 g/mol. The zero-order valence-electron chi connectivity index (χ0n) is 16.3. The summed E-state index contributed by atoms with van der Waals surface area (Å²) in [7, 11) is 0.